The molecule has 2 heterocycles. The summed E-state index contributed by atoms with van der Waals surface area (Å²) in [4.78, 5) is 13.6. The van der Waals surface area contributed by atoms with Gasteiger partial charge in [0.25, 0.3) is 0 Å². The largest absolute Gasteiger partial charge is 0.351 e. The standard InChI is InChI=1S/C28H38ClFN4O/c1-26(2,3)34-12-10-21(33-34)18-15-22(31-24(18)16-7-8-19(29)20(30)13-16)25(35)32-23-14-17-9-11-28(23,6)27(17,4)5/h7-8,10,12-13,17-18,22-24,31H,9,11,14-15H2,1-6H3,(H,32,35)/t17-,18-,22+,23+,24+,28+/m1/s1. The molecule has 2 saturated carbocycles. The van der Waals surface area contributed by atoms with Gasteiger partial charge in [0.1, 0.15) is 5.82 Å². The van der Waals surface area contributed by atoms with E-state index < -0.39 is 5.82 Å². The monoisotopic (exact) mass is 500 g/mol. The number of carbonyl (C=O) groups is 1. The normalized spacial score (nSPS) is 33.9. The van der Waals surface area contributed by atoms with Crippen LogP contribution in [0.4, 0.5) is 4.39 Å². The number of nitrogens with one attached hydrogen (secondary N) is 2. The summed E-state index contributed by atoms with van der Waals surface area (Å²) in [5, 5.41) is 11.9. The van der Waals surface area contributed by atoms with Gasteiger partial charge in [0.2, 0.25) is 5.91 Å². The Hall–Kier alpha value is -1.92. The van der Waals surface area contributed by atoms with Crippen molar-refractivity contribution >= 4 is 17.5 Å². The molecular weight excluding hydrogens is 463 g/mol. The highest BCUT2D eigenvalue weighted by atomic mass is 35.5. The van der Waals surface area contributed by atoms with Crippen LogP contribution >= 0.6 is 11.6 Å². The maximum absolute atomic E-state index is 14.4. The molecule has 1 aliphatic heterocycles. The van der Waals surface area contributed by atoms with E-state index in [2.05, 4.69) is 52.2 Å². The Morgan fingerprint density at radius 2 is 1.97 bits per heavy atom. The van der Waals surface area contributed by atoms with Crippen LogP contribution in [0.15, 0.2) is 30.5 Å². The summed E-state index contributed by atoms with van der Waals surface area (Å²) < 4.78 is 16.3. The SMILES string of the molecule is CC(C)(C)n1ccc([C@H]2C[C@@H](C(=O)N[C@H]3C[C@H]4CC[C@]3(C)C4(C)C)N[C@H]2c2ccc(Cl)c(F)c2)n1. The quantitative estimate of drug-likeness (QED) is 0.545. The summed E-state index contributed by atoms with van der Waals surface area (Å²) >= 11 is 5.96. The predicted molar refractivity (Wildman–Crippen MR) is 137 cm³/mol. The molecule has 1 amide bonds. The molecule has 1 aromatic heterocycles. The van der Waals surface area contributed by atoms with Gasteiger partial charge in [0.15, 0.2) is 0 Å². The third-order valence-electron chi connectivity index (χ3n) is 9.68. The predicted octanol–water partition coefficient (Wildman–Crippen LogP) is 5.95. The fourth-order valence-corrected chi connectivity index (χ4v) is 7.02. The summed E-state index contributed by atoms with van der Waals surface area (Å²) in [6.45, 7) is 13.4. The van der Waals surface area contributed by atoms with Crippen LogP contribution in [0.3, 0.4) is 0 Å². The Bertz CT molecular complexity index is 1140. The Balaban J connectivity index is 1.40. The Morgan fingerprint density at radius 3 is 2.54 bits per heavy atom. The van der Waals surface area contributed by atoms with E-state index in [1.165, 1.54) is 12.5 Å². The van der Waals surface area contributed by atoms with Gasteiger partial charge in [0.05, 0.1) is 22.3 Å². The van der Waals surface area contributed by atoms with Gasteiger partial charge in [-0.2, -0.15) is 5.10 Å². The fraction of sp³-hybridized carbons (Fsp3) is 0.643. The molecule has 2 N–H and O–H groups in total. The first-order valence-corrected chi connectivity index (χ1v) is 13.3. The van der Waals surface area contributed by atoms with E-state index in [1.54, 1.807) is 6.07 Å². The highest BCUT2D eigenvalue weighted by Crippen LogP contribution is 2.65. The van der Waals surface area contributed by atoms with E-state index in [9.17, 15) is 9.18 Å². The van der Waals surface area contributed by atoms with E-state index in [0.717, 1.165) is 24.1 Å². The maximum atomic E-state index is 14.4. The van der Waals surface area contributed by atoms with Crippen LogP contribution < -0.4 is 10.6 Å². The van der Waals surface area contributed by atoms with Crippen molar-refractivity contribution in [2.45, 2.75) is 96.8 Å². The fourth-order valence-electron chi connectivity index (χ4n) is 6.90. The zero-order chi connectivity index (χ0) is 25.3. The highest BCUT2D eigenvalue weighted by Gasteiger charge is 2.61. The van der Waals surface area contributed by atoms with Crippen molar-refractivity contribution in [2.24, 2.45) is 16.7 Å². The average molecular weight is 501 g/mol. The molecule has 1 saturated heterocycles. The second-order valence-electron chi connectivity index (χ2n) is 12.7. The zero-order valence-electron chi connectivity index (χ0n) is 21.7. The summed E-state index contributed by atoms with van der Waals surface area (Å²) in [5.74, 6) is 0.196. The van der Waals surface area contributed by atoms with E-state index in [-0.39, 0.29) is 51.3 Å². The summed E-state index contributed by atoms with van der Waals surface area (Å²) in [7, 11) is 0. The highest BCUT2D eigenvalue weighted by molar-refractivity contribution is 6.30. The number of rotatable bonds is 4. The summed E-state index contributed by atoms with van der Waals surface area (Å²) in [6.07, 6.45) is 6.05. The molecule has 1 aromatic carbocycles. The Labute approximate surface area is 213 Å². The third-order valence-corrected chi connectivity index (χ3v) is 9.99. The van der Waals surface area contributed by atoms with Crippen LogP contribution in [-0.4, -0.2) is 27.8 Å². The first-order chi connectivity index (χ1) is 16.3. The molecule has 0 radical (unpaired) electrons. The molecule has 7 heteroatoms. The molecule has 0 unspecified atom stereocenters. The topological polar surface area (TPSA) is 59.0 Å². The van der Waals surface area contributed by atoms with E-state index >= 15 is 0 Å². The molecule has 2 aromatic rings. The molecule has 6 atom stereocenters. The van der Waals surface area contributed by atoms with Crippen molar-refractivity contribution in [1.29, 1.82) is 0 Å². The van der Waals surface area contributed by atoms with Crippen molar-refractivity contribution in [3.05, 3.63) is 52.6 Å². The minimum Gasteiger partial charge on any atom is -0.351 e. The number of aromatic nitrogens is 2. The summed E-state index contributed by atoms with van der Waals surface area (Å²) in [6, 6.07) is 6.53. The lowest BCUT2D eigenvalue weighted by Crippen LogP contribution is -2.51. The number of carbonyl (C=O) groups excluding carboxylic acids is 1. The molecule has 3 aliphatic rings. The number of hydrogen-bond donors (Lipinski definition) is 2. The van der Waals surface area contributed by atoms with Crippen LogP contribution in [-0.2, 0) is 10.3 Å². The van der Waals surface area contributed by atoms with Gasteiger partial charge >= 0.3 is 0 Å². The molecule has 0 spiro atoms. The van der Waals surface area contributed by atoms with Gasteiger partial charge in [-0.15, -0.1) is 0 Å². The number of halogens is 2. The lowest BCUT2D eigenvalue weighted by Gasteiger charge is -2.39. The lowest BCUT2D eigenvalue weighted by molar-refractivity contribution is -0.124. The molecule has 2 aliphatic carbocycles. The number of benzene rings is 1. The van der Waals surface area contributed by atoms with Gasteiger partial charge in [0, 0.05) is 24.2 Å². The molecular formula is C28H38ClFN4O. The van der Waals surface area contributed by atoms with Gasteiger partial charge in [-0.3, -0.25) is 14.8 Å². The number of amides is 1. The van der Waals surface area contributed by atoms with Crippen molar-refractivity contribution < 1.29 is 9.18 Å². The van der Waals surface area contributed by atoms with Crippen molar-refractivity contribution in [2.75, 3.05) is 0 Å². The molecule has 3 fully saturated rings. The van der Waals surface area contributed by atoms with Gasteiger partial charge in [-0.25, -0.2) is 4.39 Å². The third kappa shape index (κ3) is 4.01. The van der Waals surface area contributed by atoms with E-state index in [1.807, 2.05) is 23.0 Å². The van der Waals surface area contributed by atoms with Gasteiger partial charge < -0.3 is 5.32 Å². The van der Waals surface area contributed by atoms with Crippen LogP contribution in [0, 0.1) is 22.6 Å². The molecule has 35 heavy (non-hydrogen) atoms. The van der Waals surface area contributed by atoms with Gasteiger partial charge in [-0.1, -0.05) is 38.4 Å². The number of nitrogens with zero attached hydrogens (tertiary/aromatic N) is 2. The first kappa shape index (κ1) is 24.8. The lowest BCUT2D eigenvalue weighted by atomic mass is 9.69. The van der Waals surface area contributed by atoms with Crippen LogP contribution in [0.5, 0.6) is 0 Å². The smallest absolute Gasteiger partial charge is 0.237 e. The molecule has 5 nitrogen and oxygen atoms in total. The van der Waals surface area contributed by atoms with Gasteiger partial charge in [-0.05, 0) is 87.0 Å². The van der Waals surface area contributed by atoms with Crippen LogP contribution in [0.2, 0.25) is 5.02 Å². The Kier molecular flexibility index (Phi) is 5.88. The first-order valence-electron chi connectivity index (χ1n) is 12.9. The minimum atomic E-state index is -0.449. The van der Waals surface area contributed by atoms with Crippen LogP contribution in [0.25, 0.3) is 0 Å². The average Bonchev–Trinajstić information content (AvgIpc) is 3.51. The molecule has 190 valence electrons. The minimum absolute atomic E-state index is 0.0387. The van der Waals surface area contributed by atoms with Crippen molar-refractivity contribution in [3.8, 4) is 0 Å². The second-order valence-corrected chi connectivity index (χ2v) is 13.1. The molecule has 5 rings (SSSR count). The van der Waals surface area contributed by atoms with E-state index in [0.29, 0.717) is 12.3 Å². The molecule has 2 bridgehead atoms. The number of fused-ring (bicyclic) bond motifs is 2. The second kappa shape index (κ2) is 8.31. The van der Waals surface area contributed by atoms with E-state index in [4.69, 9.17) is 16.7 Å². The van der Waals surface area contributed by atoms with Crippen molar-refractivity contribution in [3.63, 3.8) is 0 Å². The Morgan fingerprint density at radius 1 is 1.23 bits per heavy atom. The summed E-state index contributed by atoms with van der Waals surface area (Å²) in [5.41, 5.74) is 1.91. The van der Waals surface area contributed by atoms with Crippen LogP contribution in [0.1, 0.15) is 90.4 Å². The zero-order valence-corrected chi connectivity index (χ0v) is 22.4. The number of hydrogen-bond acceptors (Lipinski definition) is 3. The van der Waals surface area contributed by atoms with Crippen molar-refractivity contribution in [1.82, 2.24) is 20.4 Å². The maximum Gasteiger partial charge on any atom is 0.237 e.